The smallest absolute Gasteiger partial charge is 0.223 e. The van der Waals surface area contributed by atoms with Crippen molar-refractivity contribution in [2.24, 2.45) is 0 Å². The van der Waals surface area contributed by atoms with Crippen LogP contribution >= 0.6 is 11.6 Å². The fraction of sp³-hybridized carbons (Fsp3) is 0.273. The van der Waals surface area contributed by atoms with Crippen LogP contribution in [0.4, 0.5) is 5.69 Å². The molecule has 1 aliphatic rings. The van der Waals surface area contributed by atoms with Gasteiger partial charge in [-0.15, -0.1) is 0 Å². The number of nitrogens with zero attached hydrogens (tertiary/aromatic N) is 3. The Kier molecular flexibility index (Phi) is 5.26. The van der Waals surface area contributed by atoms with Gasteiger partial charge in [-0.25, -0.2) is 0 Å². The Labute approximate surface area is 164 Å². The number of hydrogen-bond acceptors (Lipinski definition) is 3. The van der Waals surface area contributed by atoms with Gasteiger partial charge in [0.05, 0.1) is 0 Å². The molecule has 138 valence electrons. The van der Waals surface area contributed by atoms with E-state index in [2.05, 4.69) is 28.1 Å². The van der Waals surface area contributed by atoms with Gasteiger partial charge in [0, 0.05) is 61.1 Å². The van der Waals surface area contributed by atoms with Gasteiger partial charge >= 0.3 is 0 Å². The minimum atomic E-state index is 0.231. The quantitative estimate of drug-likeness (QED) is 0.682. The van der Waals surface area contributed by atoms with Crippen molar-refractivity contribution in [3.63, 3.8) is 0 Å². The molecule has 1 aliphatic heterocycles. The van der Waals surface area contributed by atoms with Crippen molar-refractivity contribution in [1.29, 1.82) is 0 Å². The molecule has 1 aromatic heterocycles. The van der Waals surface area contributed by atoms with Gasteiger partial charge in [0.1, 0.15) is 0 Å². The maximum absolute atomic E-state index is 12.5. The zero-order valence-corrected chi connectivity index (χ0v) is 15.9. The Hall–Kier alpha value is -2.59. The number of fused-ring (bicyclic) bond motifs is 1. The third-order valence-electron chi connectivity index (χ3n) is 5.16. The number of benzene rings is 2. The van der Waals surface area contributed by atoms with Crippen LogP contribution in [0.2, 0.25) is 5.02 Å². The van der Waals surface area contributed by atoms with Crippen LogP contribution in [0.3, 0.4) is 0 Å². The highest BCUT2D eigenvalue weighted by molar-refractivity contribution is 6.30. The van der Waals surface area contributed by atoms with Crippen LogP contribution in [0.25, 0.3) is 10.8 Å². The zero-order valence-electron chi connectivity index (χ0n) is 15.1. The SMILES string of the molecule is O=C(CCc1ccc(Cl)cc1)N1CCN(c2ccc3cnccc3c2)CC1. The third kappa shape index (κ3) is 4.22. The summed E-state index contributed by atoms with van der Waals surface area (Å²) < 4.78 is 0. The van der Waals surface area contributed by atoms with Crippen LogP contribution in [0.15, 0.2) is 60.9 Å². The molecule has 0 aliphatic carbocycles. The molecule has 1 saturated heterocycles. The monoisotopic (exact) mass is 379 g/mol. The molecule has 1 fully saturated rings. The first-order valence-corrected chi connectivity index (χ1v) is 9.68. The average Bonchev–Trinajstić information content (AvgIpc) is 2.73. The Morgan fingerprint density at radius 1 is 0.963 bits per heavy atom. The molecule has 0 N–H and O–H groups in total. The summed E-state index contributed by atoms with van der Waals surface area (Å²) in [4.78, 5) is 21.0. The van der Waals surface area contributed by atoms with E-state index in [9.17, 15) is 4.79 Å². The fourth-order valence-corrected chi connectivity index (χ4v) is 3.67. The van der Waals surface area contributed by atoms with Crippen LogP contribution in [-0.2, 0) is 11.2 Å². The van der Waals surface area contributed by atoms with Crippen LogP contribution in [-0.4, -0.2) is 42.0 Å². The van der Waals surface area contributed by atoms with Crippen molar-refractivity contribution in [3.8, 4) is 0 Å². The zero-order chi connectivity index (χ0) is 18.6. The van der Waals surface area contributed by atoms with Gasteiger partial charge in [0.2, 0.25) is 5.91 Å². The number of carbonyl (C=O) groups excluding carboxylic acids is 1. The summed E-state index contributed by atoms with van der Waals surface area (Å²) in [5.41, 5.74) is 2.36. The lowest BCUT2D eigenvalue weighted by atomic mass is 10.1. The van der Waals surface area contributed by atoms with Crippen molar-refractivity contribution < 1.29 is 4.79 Å². The molecular formula is C22H22ClN3O. The maximum Gasteiger partial charge on any atom is 0.223 e. The fourth-order valence-electron chi connectivity index (χ4n) is 3.54. The molecule has 0 spiro atoms. The highest BCUT2D eigenvalue weighted by Gasteiger charge is 2.21. The number of pyridine rings is 1. The lowest BCUT2D eigenvalue weighted by Gasteiger charge is -2.36. The molecule has 5 heteroatoms. The van der Waals surface area contributed by atoms with Gasteiger partial charge in [0.25, 0.3) is 0 Å². The normalized spacial score (nSPS) is 14.6. The van der Waals surface area contributed by atoms with Gasteiger partial charge in [-0.05, 0) is 47.7 Å². The number of hydrogen-bond donors (Lipinski definition) is 0. The minimum absolute atomic E-state index is 0.231. The van der Waals surface area contributed by atoms with Crippen LogP contribution in [0.5, 0.6) is 0 Å². The van der Waals surface area contributed by atoms with E-state index in [1.165, 1.54) is 11.1 Å². The van der Waals surface area contributed by atoms with Crippen molar-refractivity contribution in [2.75, 3.05) is 31.1 Å². The van der Waals surface area contributed by atoms with Gasteiger partial charge in [-0.3, -0.25) is 9.78 Å². The Bertz CT molecular complexity index is 934. The molecule has 0 unspecified atom stereocenters. The van der Waals surface area contributed by atoms with E-state index in [-0.39, 0.29) is 5.91 Å². The predicted octanol–water partition coefficient (Wildman–Crippen LogP) is 4.17. The molecular weight excluding hydrogens is 358 g/mol. The van der Waals surface area contributed by atoms with Crippen LogP contribution in [0, 0.1) is 0 Å². The maximum atomic E-state index is 12.5. The number of amides is 1. The van der Waals surface area contributed by atoms with Gasteiger partial charge < -0.3 is 9.80 Å². The first-order chi connectivity index (χ1) is 13.2. The topological polar surface area (TPSA) is 36.4 Å². The highest BCUT2D eigenvalue weighted by Crippen LogP contribution is 2.23. The van der Waals surface area contributed by atoms with Gasteiger partial charge in [-0.1, -0.05) is 29.8 Å². The molecule has 4 nitrogen and oxygen atoms in total. The van der Waals surface area contributed by atoms with Crippen molar-refractivity contribution in [3.05, 3.63) is 71.5 Å². The molecule has 0 saturated carbocycles. The number of piperazine rings is 1. The van der Waals surface area contributed by atoms with E-state index < -0.39 is 0 Å². The van der Waals surface area contributed by atoms with Crippen LogP contribution in [0.1, 0.15) is 12.0 Å². The van der Waals surface area contributed by atoms with Gasteiger partial charge in [-0.2, -0.15) is 0 Å². The second-order valence-corrected chi connectivity index (χ2v) is 7.34. The molecule has 0 atom stereocenters. The molecule has 0 radical (unpaired) electrons. The summed E-state index contributed by atoms with van der Waals surface area (Å²) in [7, 11) is 0. The van der Waals surface area contributed by atoms with Gasteiger partial charge in [0.15, 0.2) is 0 Å². The Morgan fingerprint density at radius 3 is 2.52 bits per heavy atom. The third-order valence-corrected chi connectivity index (χ3v) is 5.41. The second-order valence-electron chi connectivity index (χ2n) is 6.90. The summed E-state index contributed by atoms with van der Waals surface area (Å²) in [5.74, 6) is 0.231. The van der Waals surface area contributed by atoms with E-state index in [1.807, 2.05) is 47.6 Å². The first kappa shape index (κ1) is 17.8. The molecule has 2 heterocycles. The number of rotatable bonds is 4. The van der Waals surface area contributed by atoms with E-state index in [0.717, 1.165) is 48.6 Å². The summed E-state index contributed by atoms with van der Waals surface area (Å²) in [6.07, 6.45) is 5.01. The second kappa shape index (κ2) is 7.97. The van der Waals surface area contributed by atoms with E-state index in [0.29, 0.717) is 6.42 Å². The standard InChI is InChI=1S/C22H22ClN3O/c23-20-5-1-17(2-6-20)3-8-22(27)26-13-11-25(12-14-26)21-7-4-19-16-24-10-9-18(19)15-21/h1-2,4-7,9-10,15-16H,3,8,11-14H2. The Morgan fingerprint density at radius 2 is 1.74 bits per heavy atom. The molecule has 0 bridgehead atoms. The molecule has 27 heavy (non-hydrogen) atoms. The summed E-state index contributed by atoms with van der Waals surface area (Å²) in [6.45, 7) is 3.27. The number of aryl methyl sites for hydroxylation is 1. The average molecular weight is 380 g/mol. The van der Waals surface area contributed by atoms with Crippen molar-refractivity contribution in [1.82, 2.24) is 9.88 Å². The van der Waals surface area contributed by atoms with E-state index >= 15 is 0 Å². The van der Waals surface area contributed by atoms with E-state index in [4.69, 9.17) is 11.6 Å². The molecule has 3 aromatic rings. The molecule has 1 amide bonds. The largest absolute Gasteiger partial charge is 0.368 e. The predicted molar refractivity (Wildman–Crippen MR) is 110 cm³/mol. The van der Waals surface area contributed by atoms with E-state index in [1.54, 1.807) is 0 Å². The minimum Gasteiger partial charge on any atom is -0.368 e. The summed E-state index contributed by atoms with van der Waals surface area (Å²) >= 11 is 5.91. The molecule has 2 aromatic carbocycles. The van der Waals surface area contributed by atoms with Crippen molar-refractivity contribution >= 4 is 34.0 Å². The Balaban J connectivity index is 1.32. The lowest BCUT2D eigenvalue weighted by Crippen LogP contribution is -2.48. The summed E-state index contributed by atoms with van der Waals surface area (Å²) in [6, 6.07) is 16.2. The first-order valence-electron chi connectivity index (χ1n) is 9.30. The van der Waals surface area contributed by atoms with Crippen LogP contribution < -0.4 is 4.90 Å². The lowest BCUT2D eigenvalue weighted by molar-refractivity contribution is -0.131. The number of aromatic nitrogens is 1. The molecule has 4 rings (SSSR count). The number of anilines is 1. The summed E-state index contributed by atoms with van der Waals surface area (Å²) in [5, 5.41) is 3.08. The van der Waals surface area contributed by atoms with Crippen molar-refractivity contribution in [2.45, 2.75) is 12.8 Å². The number of carbonyl (C=O) groups is 1. The number of halogens is 1. The highest BCUT2D eigenvalue weighted by atomic mass is 35.5.